The normalized spacial score (nSPS) is 17.1. The Morgan fingerprint density at radius 2 is 2.06 bits per heavy atom. The van der Waals surface area contributed by atoms with Crippen LogP contribution in [-0.4, -0.2) is 44.0 Å². The number of alkyl halides is 2. The number of nitrogens with one attached hydrogen (secondary N) is 1. The molecule has 0 saturated carbocycles. The zero-order valence-corrected chi connectivity index (χ0v) is 18.8. The van der Waals surface area contributed by atoms with Gasteiger partial charge in [0.25, 0.3) is 0 Å². The number of carbonyl (C=O) groups excluding carboxylic acids is 1. The molecule has 3 heterocycles. The van der Waals surface area contributed by atoms with Crippen LogP contribution in [0.4, 0.5) is 8.78 Å². The highest BCUT2D eigenvalue weighted by atomic mass is 32.2. The monoisotopic (exact) mass is 462 g/mol. The van der Waals surface area contributed by atoms with Gasteiger partial charge in [0.1, 0.15) is 11.9 Å². The van der Waals surface area contributed by atoms with Crippen molar-refractivity contribution in [2.45, 2.75) is 56.7 Å². The predicted octanol–water partition coefficient (Wildman–Crippen LogP) is 5.03. The maximum absolute atomic E-state index is 13.2. The van der Waals surface area contributed by atoms with E-state index in [0.717, 1.165) is 36.5 Å². The number of ketones is 1. The van der Waals surface area contributed by atoms with Gasteiger partial charge in [0.05, 0.1) is 5.25 Å². The lowest BCUT2D eigenvalue weighted by Crippen LogP contribution is -2.15. The molecule has 1 N–H and O–H groups in total. The van der Waals surface area contributed by atoms with E-state index in [4.69, 9.17) is 4.74 Å². The Hall–Kier alpha value is -2.72. The Morgan fingerprint density at radius 3 is 2.72 bits per heavy atom. The van der Waals surface area contributed by atoms with E-state index in [1.54, 1.807) is 12.1 Å². The molecule has 32 heavy (non-hydrogen) atoms. The number of benzene rings is 1. The van der Waals surface area contributed by atoms with Crippen molar-refractivity contribution in [3.05, 3.63) is 53.1 Å². The number of aromatic amines is 1. The minimum Gasteiger partial charge on any atom is -0.435 e. The summed E-state index contributed by atoms with van der Waals surface area (Å²) in [4.78, 5) is 17.7. The van der Waals surface area contributed by atoms with Gasteiger partial charge in [0.2, 0.25) is 5.16 Å². The minimum atomic E-state index is -2.87. The van der Waals surface area contributed by atoms with Crippen molar-refractivity contribution in [2.24, 2.45) is 0 Å². The molecule has 2 aromatic heterocycles. The molecule has 2 atom stereocenters. The third-order valence-corrected chi connectivity index (χ3v) is 6.35. The molecule has 1 fully saturated rings. The maximum Gasteiger partial charge on any atom is 0.387 e. The van der Waals surface area contributed by atoms with Crippen LogP contribution in [0, 0.1) is 13.8 Å². The fraction of sp³-hybridized carbons (Fsp3) is 0.409. The number of thioether (sulfide) groups is 1. The van der Waals surface area contributed by atoms with Crippen molar-refractivity contribution in [3.8, 4) is 11.4 Å². The Kier molecular flexibility index (Phi) is 6.61. The number of rotatable bonds is 8. The molecule has 3 aromatic rings. The number of Topliss-reactive ketones (excluding diaryl/α,β-unsaturated/α-hetero) is 1. The molecule has 1 aromatic carbocycles. The van der Waals surface area contributed by atoms with E-state index in [1.165, 1.54) is 23.9 Å². The number of H-pyrrole nitrogens is 1. The van der Waals surface area contributed by atoms with Crippen LogP contribution in [0.1, 0.15) is 53.4 Å². The van der Waals surface area contributed by atoms with Crippen molar-refractivity contribution in [2.75, 3.05) is 6.61 Å². The van der Waals surface area contributed by atoms with Crippen LogP contribution in [-0.2, 0) is 4.74 Å². The number of carbonyl (C=O) groups is 1. The number of aryl methyl sites for hydroxylation is 1. The quantitative estimate of drug-likeness (QED) is 0.374. The molecule has 1 aliphatic heterocycles. The van der Waals surface area contributed by atoms with Crippen molar-refractivity contribution in [1.29, 1.82) is 0 Å². The summed E-state index contributed by atoms with van der Waals surface area (Å²) in [6, 6.07) is 8.17. The van der Waals surface area contributed by atoms with Gasteiger partial charge in [-0.25, -0.2) is 4.98 Å². The highest BCUT2D eigenvalue weighted by Gasteiger charge is 2.26. The summed E-state index contributed by atoms with van der Waals surface area (Å²) in [5.74, 6) is 0.749. The zero-order chi connectivity index (χ0) is 22.8. The molecule has 170 valence electrons. The van der Waals surface area contributed by atoms with E-state index in [9.17, 15) is 13.6 Å². The minimum absolute atomic E-state index is 0.0320. The molecule has 0 spiro atoms. The van der Waals surface area contributed by atoms with E-state index < -0.39 is 6.61 Å². The van der Waals surface area contributed by atoms with Crippen molar-refractivity contribution in [1.82, 2.24) is 19.7 Å². The third-order valence-electron chi connectivity index (χ3n) is 5.38. The molecule has 0 aliphatic carbocycles. The lowest BCUT2D eigenvalue weighted by molar-refractivity contribution is -0.0498. The Bertz CT molecular complexity index is 1090. The van der Waals surface area contributed by atoms with Crippen molar-refractivity contribution >= 4 is 17.5 Å². The summed E-state index contributed by atoms with van der Waals surface area (Å²) < 4.78 is 36.7. The highest BCUT2D eigenvalue weighted by Crippen LogP contribution is 2.30. The van der Waals surface area contributed by atoms with Crippen molar-refractivity contribution < 1.29 is 23.0 Å². The summed E-state index contributed by atoms with van der Waals surface area (Å²) in [7, 11) is 0. The number of halogens is 2. The Balaban J connectivity index is 1.49. The highest BCUT2D eigenvalue weighted by molar-refractivity contribution is 8.00. The predicted molar refractivity (Wildman–Crippen MR) is 116 cm³/mol. The van der Waals surface area contributed by atoms with Gasteiger partial charge in [-0.15, -0.1) is 5.10 Å². The molecule has 0 unspecified atom stereocenters. The van der Waals surface area contributed by atoms with Crippen molar-refractivity contribution in [3.63, 3.8) is 0 Å². The molecule has 4 rings (SSSR count). The lowest BCUT2D eigenvalue weighted by atomic mass is 10.1. The molecule has 1 saturated heterocycles. The van der Waals surface area contributed by atoms with E-state index in [2.05, 4.69) is 19.9 Å². The third kappa shape index (κ3) is 4.71. The summed E-state index contributed by atoms with van der Waals surface area (Å²) in [6.45, 7) is 3.44. The number of ether oxygens (including phenoxy) is 2. The van der Waals surface area contributed by atoms with Gasteiger partial charge in [-0.3, -0.25) is 9.89 Å². The van der Waals surface area contributed by atoms with E-state index in [0.29, 0.717) is 16.5 Å². The molecule has 0 radical (unpaired) electrons. The number of nitrogens with zero attached hydrogens (tertiary/aromatic N) is 3. The fourth-order valence-electron chi connectivity index (χ4n) is 3.86. The van der Waals surface area contributed by atoms with E-state index >= 15 is 0 Å². The average Bonchev–Trinajstić information content (AvgIpc) is 3.49. The molecule has 0 amide bonds. The van der Waals surface area contributed by atoms with Gasteiger partial charge in [-0.2, -0.15) is 8.78 Å². The van der Waals surface area contributed by atoms with Crippen LogP contribution >= 0.6 is 11.8 Å². The lowest BCUT2D eigenvalue weighted by Gasteiger charge is -2.12. The zero-order valence-electron chi connectivity index (χ0n) is 18.0. The smallest absolute Gasteiger partial charge is 0.387 e. The molecular formula is C22H24F2N4O3S. The van der Waals surface area contributed by atoms with Crippen LogP contribution < -0.4 is 4.74 Å². The van der Waals surface area contributed by atoms with Gasteiger partial charge in [-0.05, 0) is 63.9 Å². The fourth-order valence-corrected chi connectivity index (χ4v) is 4.66. The van der Waals surface area contributed by atoms with Crippen LogP contribution in [0.5, 0.6) is 5.75 Å². The summed E-state index contributed by atoms with van der Waals surface area (Å²) in [5.41, 5.74) is 3.00. The van der Waals surface area contributed by atoms with Gasteiger partial charge in [0, 0.05) is 29.2 Å². The molecule has 7 nitrogen and oxygen atoms in total. The van der Waals surface area contributed by atoms with Gasteiger partial charge < -0.3 is 14.0 Å². The van der Waals surface area contributed by atoms with E-state index in [1.807, 2.05) is 31.4 Å². The van der Waals surface area contributed by atoms with Crippen LogP contribution in [0.2, 0.25) is 0 Å². The first-order valence-corrected chi connectivity index (χ1v) is 11.2. The van der Waals surface area contributed by atoms with Crippen LogP contribution in [0.25, 0.3) is 5.69 Å². The largest absolute Gasteiger partial charge is 0.435 e. The Labute approximate surface area is 188 Å². The number of hydrogen-bond donors (Lipinski definition) is 1. The van der Waals surface area contributed by atoms with E-state index in [-0.39, 0.29) is 22.9 Å². The average molecular weight is 463 g/mol. The molecular weight excluding hydrogens is 438 g/mol. The first-order chi connectivity index (χ1) is 15.3. The standard InChI is InChI=1S/C22H24F2N4O3S/c1-12-11-17(13(2)28(12)15-6-8-16(9-7-15)31-21(23)24)19(29)14(3)32-22-25-20(26-27-22)18-5-4-10-30-18/h6-9,11,14,18,21H,4-5,10H2,1-3H3,(H,25,26,27)/t14-,18-/m1/s1. The first-order valence-electron chi connectivity index (χ1n) is 10.3. The second-order valence-electron chi connectivity index (χ2n) is 7.62. The first kappa shape index (κ1) is 22.5. The summed E-state index contributed by atoms with van der Waals surface area (Å²) in [6.07, 6.45) is 1.86. The second kappa shape index (κ2) is 9.41. The maximum atomic E-state index is 13.2. The van der Waals surface area contributed by atoms with Crippen LogP contribution in [0.3, 0.4) is 0 Å². The van der Waals surface area contributed by atoms with Gasteiger partial charge >= 0.3 is 6.61 Å². The van der Waals surface area contributed by atoms with Gasteiger partial charge in [-0.1, -0.05) is 11.8 Å². The second-order valence-corrected chi connectivity index (χ2v) is 8.93. The summed E-state index contributed by atoms with van der Waals surface area (Å²) >= 11 is 1.30. The number of aromatic nitrogens is 4. The molecule has 0 bridgehead atoms. The molecule has 10 heteroatoms. The summed E-state index contributed by atoms with van der Waals surface area (Å²) in [5, 5.41) is 7.26. The molecule has 1 aliphatic rings. The topological polar surface area (TPSA) is 82.0 Å². The SMILES string of the molecule is Cc1cc(C(=O)[C@@H](C)Sc2n[nH]c([C@H]3CCCO3)n2)c(C)n1-c1ccc(OC(F)F)cc1. The van der Waals surface area contributed by atoms with Crippen LogP contribution in [0.15, 0.2) is 35.5 Å². The number of hydrogen-bond acceptors (Lipinski definition) is 6. The van der Waals surface area contributed by atoms with Gasteiger partial charge in [0.15, 0.2) is 11.6 Å². The Morgan fingerprint density at radius 1 is 1.31 bits per heavy atom.